The predicted molar refractivity (Wildman–Crippen MR) is 148 cm³/mol. The molecule has 4 aromatic rings. The van der Waals surface area contributed by atoms with Crippen molar-refractivity contribution in [3.05, 3.63) is 34.0 Å². The Kier molecular flexibility index (Phi) is 7.11. The number of rotatable bonds is 6. The van der Waals surface area contributed by atoms with Crippen LogP contribution in [-0.4, -0.2) is 60.5 Å². The summed E-state index contributed by atoms with van der Waals surface area (Å²) < 4.78 is 13.2. The van der Waals surface area contributed by atoms with Crippen LogP contribution in [0, 0.1) is 11.8 Å². The molecule has 2 fully saturated rings. The molecule has 0 aromatic carbocycles. The van der Waals surface area contributed by atoms with E-state index in [9.17, 15) is 4.79 Å². The van der Waals surface area contributed by atoms with Crippen LogP contribution in [0.15, 0.2) is 27.7 Å². The molecule has 206 valence electrons. The summed E-state index contributed by atoms with van der Waals surface area (Å²) in [6, 6.07) is 2.06. The maximum atomic E-state index is 11.7. The molecule has 5 heterocycles. The van der Waals surface area contributed by atoms with E-state index in [0.717, 1.165) is 48.9 Å². The van der Waals surface area contributed by atoms with Crippen molar-refractivity contribution in [1.29, 1.82) is 0 Å². The molecular formula is C27H33ClN8O3. The molecule has 1 aliphatic heterocycles. The van der Waals surface area contributed by atoms with Crippen LogP contribution in [0.3, 0.4) is 0 Å². The van der Waals surface area contributed by atoms with E-state index in [-0.39, 0.29) is 23.9 Å². The number of imidazole rings is 1. The Morgan fingerprint density at radius 1 is 1.13 bits per heavy atom. The second-order valence-electron chi connectivity index (χ2n) is 11.0. The van der Waals surface area contributed by atoms with Crippen molar-refractivity contribution in [3.63, 3.8) is 0 Å². The molecule has 2 aliphatic rings. The van der Waals surface area contributed by atoms with Crippen LogP contribution in [0.4, 0.5) is 5.95 Å². The molecule has 0 bridgehead atoms. The zero-order valence-electron chi connectivity index (χ0n) is 22.4. The van der Waals surface area contributed by atoms with E-state index in [4.69, 9.17) is 35.7 Å². The van der Waals surface area contributed by atoms with E-state index in [0.29, 0.717) is 22.3 Å². The zero-order chi connectivity index (χ0) is 27.1. The molecule has 1 aliphatic carbocycles. The van der Waals surface area contributed by atoms with E-state index in [1.165, 1.54) is 25.7 Å². The largest absolute Gasteiger partial charge is 0.434 e. The summed E-state index contributed by atoms with van der Waals surface area (Å²) in [5.74, 6) is 1.66. The SMILES string of the molecule is COC1CCN(c2nc3nc(-c4n[nH]c(=O)o4)nc(-c4cncc(Cl)c4)c3n2C[C@H]2CC[C@H](C)CC2)C(C)C1. The summed E-state index contributed by atoms with van der Waals surface area (Å²) in [6.07, 6.45) is 10.2. The number of methoxy groups -OCH3 is 1. The average molecular weight is 553 g/mol. The van der Waals surface area contributed by atoms with Gasteiger partial charge in [-0.05, 0) is 50.5 Å². The number of hydrogen-bond donors (Lipinski definition) is 1. The second kappa shape index (κ2) is 10.7. The molecule has 1 saturated carbocycles. The topological polar surface area (TPSA) is 128 Å². The maximum Gasteiger partial charge on any atom is 0.434 e. The molecule has 1 saturated heterocycles. The summed E-state index contributed by atoms with van der Waals surface area (Å²) >= 11 is 6.36. The fourth-order valence-corrected chi connectivity index (χ4v) is 6.16. The number of halogens is 1. The van der Waals surface area contributed by atoms with Crippen molar-refractivity contribution in [3.8, 4) is 23.0 Å². The first-order chi connectivity index (χ1) is 18.9. The van der Waals surface area contributed by atoms with Crippen LogP contribution < -0.4 is 10.7 Å². The molecular weight excluding hydrogens is 520 g/mol. The Morgan fingerprint density at radius 3 is 2.64 bits per heavy atom. The Labute approximate surface area is 231 Å². The predicted octanol–water partition coefficient (Wildman–Crippen LogP) is 4.72. The van der Waals surface area contributed by atoms with E-state index >= 15 is 0 Å². The van der Waals surface area contributed by atoms with Crippen LogP contribution in [0.5, 0.6) is 0 Å². The van der Waals surface area contributed by atoms with Crippen molar-refractivity contribution in [2.24, 2.45) is 11.8 Å². The van der Waals surface area contributed by atoms with E-state index in [2.05, 4.69) is 38.5 Å². The van der Waals surface area contributed by atoms with Crippen molar-refractivity contribution in [2.45, 2.75) is 71.1 Å². The van der Waals surface area contributed by atoms with Gasteiger partial charge < -0.3 is 18.6 Å². The van der Waals surface area contributed by atoms with Gasteiger partial charge in [0.1, 0.15) is 11.2 Å². The smallest absolute Gasteiger partial charge is 0.384 e. The third-order valence-corrected chi connectivity index (χ3v) is 8.39. The highest BCUT2D eigenvalue weighted by molar-refractivity contribution is 6.30. The summed E-state index contributed by atoms with van der Waals surface area (Å²) in [7, 11) is 1.78. The standard InChI is InChI=1S/C27H33ClN8O3/c1-15-4-6-17(7-5-15)14-36-22-21(18-11-19(28)13-29-12-18)30-24(25-33-34-27(37)39-25)31-23(22)32-26(36)35-9-8-20(38-3)10-16(35)2/h11-13,15-17,20H,4-10,14H2,1-3H3,(H,34,37)/t15-,16?,17-,20?. The lowest BCUT2D eigenvalue weighted by atomic mass is 9.83. The highest BCUT2D eigenvalue weighted by Gasteiger charge is 2.32. The fourth-order valence-electron chi connectivity index (χ4n) is 5.99. The van der Waals surface area contributed by atoms with Gasteiger partial charge in [0.05, 0.1) is 11.1 Å². The van der Waals surface area contributed by atoms with Gasteiger partial charge in [0, 0.05) is 44.2 Å². The zero-order valence-corrected chi connectivity index (χ0v) is 23.2. The van der Waals surface area contributed by atoms with E-state index in [1.807, 2.05) is 6.07 Å². The number of aromatic nitrogens is 7. The summed E-state index contributed by atoms with van der Waals surface area (Å²) in [6.45, 7) is 6.20. The number of H-pyrrole nitrogens is 1. The second-order valence-corrected chi connectivity index (χ2v) is 11.4. The van der Waals surface area contributed by atoms with Gasteiger partial charge in [-0.1, -0.05) is 31.4 Å². The Balaban J connectivity index is 1.55. The van der Waals surface area contributed by atoms with Gasteiger partial charge in [-0.2, -0.15) is 4.98 Å². The van der Waals surface area contributed by atoms with Gasteiger partial charge in [0.2, 0.25) is 11.8 Å². The molecule has 2 atom stereocenters. The molecule has 11 nitrogen and oxygen atoms in total. The molecule has 39 heavy (non-hydrogen) atoms. The van der Waals surface area contributed by atoms with Crippen LogP contribution in [-0.2, 0) is 11.3 Å². The lowest BCUT2D eigenvalue weighted by molar-refractivity contribution is 0.0716. The quantitative estimate of drug-likeness (QED) is 0.361. The first-order valence-corrected chi connectivity index (χ1v) is 14.0. The molecule has 0 radical (unpaired) electrons. The normalized spacial score (nSPS) is 23.9. The minimum atomic E-state index is -0.674. The van der Waals surface area contributed by atoms with Gasteiger partial charge in [-0.3, -0.25) is 4.98 Å². The van der Waals surface area contributed by atoms with Crippen molar-refractivity contribution in [1.82, 2.24) is 34.7 Å². The molecule has 6 rings (SSSR count). The Hall–Kier alpha value is -3.31. The average Bonchev–Trinajstić information content (AvgIpc) is 3.53. The van der Waals surface area contributed by atoms with Gasteiger partial charge in [0.25, 0.3) is 5.89 Å². The van der Waals surface area contributed by atoms with Crippen LogP contribution >= 0.6 is 11.6 Å². The van der Waals surface area contributed by atoms with E-state index < -0.39 is 5.76 Å². The number of anilines is 1. The van der Waals surface area contributed by atoms with E-state index in [1.54, 1.807) is 19.5 Å². The number of pyridine rings is 1. The van der Waals surface area contributed by atoms with Gasteiger partial charge in [-0.25, -0.2) is 19.9 Å². The number of ether oxygens (including phenoxy) is 1. The number of nitrogens with zero attached hydrogens (tertiary/aromatic N) is 7. The van der Waals surface area contributed by atoms with Crippen molar-refractivity contribution >= 4 is 28.7 Å². The fraction of sp³-hybridized carbons (Fsp3) is 0.556. The minimum absolute atomic E-state index is 0.00443. The summed E-state index contributed by atoms with van der Waals surface area (Å²) in [5, 5.41) is 6.75. The number of hydrogen-bond acceptors (Lipinski definition) is 9. The lowest BCUT2D eigenvalue weighted by Crippen LogP contribution is -2.44. The highest BCUT2D eigenvalue weighted by Crippen LogP contribution is 2.37. The van der Waals surface area contributed by atoms with Gasteiger partial charge in [-0.15, -0.1) is 5.10 Å². The molecule has 4 aromatic heterocycles. The van der Waals surface area contributed by atoms with Crippen molar-refractivity contribution < 1.29 is 9.15 Å². The molecule has 2 unspecified atom stereocenters. The minimum Gasteiger partial charge on any atom is -0.384 e. The first-order valence-electron chi connectivity index (χ1n) is 13.6. The van der Waals surface area contributed by atoms with Crippen molar-refractivity contribution in [2.75, 3.05) is 18.6 Å². The van der Waals surface area contributed by atoms with Gasteiger partial charge >= 0.3 is 5.76 Å². The Morgan fingerprint density at radius 2 is 1.95 bits per heavy atom. The monoisotopic (exact) mass is 552 g/mol. The number of nitrogens with one attached hydrogen (secondary N) is 1. The van der Waals surface area contributed by atoms with Crippen LogP contribution in [0.1, 0.15) is 52.4 Å². The number of fused-ring (bicyclic) bond motifs is 1. The first kappa shape index (κ1) is 25.9. The number of aromatic amines is 1. The lowest BCUT2D eigenvalue weighted by Gasteiger charge is -2.38. The Bertz CT molecular complexity index is 1520. The third-order valence-electron chi connectivity index (χ3n) is 8.19. The molecule has 12 heteroatoms. The molecule has 0 amide bonds. The highest BCUT2D eigenvalue weighted by atomic mass is 35.5. The molecule has 0 spiro atoms. The summed E-state index contributed by atoms with van der Waals surface area (Å²) in [4.78, 5) is 33.1. The third kappa shape index (κ3) is 5.17. The number of piperidine rings is 1. The molecule has 1 N–H and O–H groups in total. The van der Waals surface area contributed by atoms with Crippen LogP contribution in [0.2, 0.25) is 5.02 Å². The maximum absolute atomic E-state index is 11.7. The van der Waals surface area contributed by atoms with Crippen LogP contribution in [0.25, 0.3) is 34.1 Å². The van der Waals surface area contributed by atoms with Gasteiger partial charge in [0.15, 0.2) is 5.65 Å². The summed E-state index contributed by atoms with van der Waals surface area (Å²) in [5.41, 5.74) is 2.68.